The van der Waals surface area contributed by atoms with Gasteiger partial charge in [-0.3, -0.25) is 4.79 Å². The Labute approximate surface area is 110 Å². The first-order valence-electron chi connectivity index (χ1n) is 7.23. The zero-order valence-corrected chi connectivity index (χ0v) is 11.7. The highest BCUT2D eigenvalue weighted by Crippen LogP contribution is 2.09. The van der Waals surface area contributed by atoms with Gasteiger partial charge in [0.1, 0.15) is 0 Å². The molecule has 0 aromatic heterocycles. The number of ether oxygens (including phenoxy) is 2. The summed E-state index contributed by atoms with van der Waals surface area (Å²) in [5, 5.41) is 3.26. The van der Waals surface area contributed by atoms with Gasteiger partial charge in [0.25, 0.3) is 0 Å². The molecule has 4 heteroatoms. The van der Waals surface area contributed by atoms with Crippen LogP contribution in [-0.2, 0) is 14.3 Å². The number of hydrogen-bond donors (Lipinski definition) is 1. The molecule has 0 saturated carbocycles. The average molecular weight is 257 g/mol. The van der Waals surface area contributed by atoms with E-state index >= 15 is 0 Å². The maximum absolute atomic E-state index is 11.7. The molecule has 1 N–H and O–H groups in total. The lowest BCUT2D eigenvalue weighted by Crippen LogP contribution is -2.42. The number of carbonyl (C=O) groups excluding carboxylic acids is 1. The molecule has 1 aliphatic heterocycles. The second-order valence-electron chi connectivity index (χ2n) is 5.08. The van der Waals surface area contributed by atoms with Crippen LogP contribution in [0.15, 0.2) is 0 Å². The SMILES string of the molecule is CCCCCCC(C)OC(=O)CC1COCCN1. The van der Waals surface area contributed by atoms with E-state index in [1.807, 2.05) is 6.92 Å². The molecule has 0 aromatic rings. The topological polar surface area (TPSA) is 47.6 Å². The van der Waals surface area contributed by atoms with Gasteiger partial charge in [-0.15, -0.1) is 0 Å². The quantitative estimate of drug-likeness (QED) is 0.535. The van der Waals surface area contributed by atoms with Gasteiger partial charge < -0.3 is 14.8 Å². The van der Waals surface area contributed by atoms with Gasteiger partial charge in [-0.25, -0.2) is 0 Å². The van der Waals surface area contributed by atoms with Crippen molar-refractivity contribution < 1.29 is 14.3 Å². The van der Waals surface area contributed by atoms with Crippen molar-refractivity contribution in [1.29, 1.82) is 0 Å². The van der Waals surface area contributed by atoms with Crippen molar-refractivity contribution >= 4 is 5.97 Å². The van der Waals surface area contributed by atoms with Crippen molar-refractivity contribution in [2.75, 3.05) is 19.8 Å². The monoisotopic (exact) mass is 257 g/mol. The van der Waals surface area contributed by atoms with Gasteiger partial charge in [0.2, 0.25) is 0 Å². The standard InChI is InChI=1S/C14H27NO3/c1-3-4-5-6-7-12(2)18-14(16)10-13-11-17-9-8-15-13/h12-13,15H,3-11H2,1-2H3. The van der Waals surface area contributed by atoms with E-state index < -0.39 is 0 Å². The van der Waals surface area contributed by atoms with Crippen LogP contribution in [0.4, 0.5) is 0 Å². The van der Waals surface area contributed by atoms with E-state index in [4.69, 9.17) is 9.47 Å². The van der Waals surface area contributed by atoms with Crippen molar-refractivity contribution in [2.45, 2.75) is 64.5 Å². The summed E-state index contributed by atoms with van der Waals surface area (Å²) >= 11 is 0. The molecular weight excluding hydrogens is 230 g/mol. The van der Waals surface area contributed by atoms with Gasteiger partial charge in [0, 0.05) is 12.6 Å². The molecule has 0 aromatic carbocycles. The molecular formula is C14H27NO3. The Morgan fingerprint density at radius 3 is 2.94 bits per heavy atom. The van der Waals surface area contributed by atoms with Gasteiger partial charge in [0.05, 0.1) is 25.7 Å². The van der Waals surface area contributed by atoms with Crippen LogP contribution in [0, 0.1) is 0 Å². The number of nitrogens with one attached hydrogen (secondary N) is 1. The van der Waals surface area contributed by atoms with E-state index in [9.17, 15) is 4.79 Å². The third-order valence-electron chi connectivity index (χ3n) is 3.21. The lowest BCUT2D eigenvalue weighted by Gasteiger charge is -2.23. The summed E-state index contributed by atoms with van der Waals surface area (Å²) in [5.74, 6) is -0.110. The number of esters is 1. The molecule has 106 valence electrons. The number of carbonyl (C=O) groups is 1. The predicted molar refractivity (Wildman–Crippen MR) is 71.5 cm³/mol. The van der Waals surface area contributed by atoms with E-state index in [-0.39, 0.29) is 18.1 Å². The Balaban J connectivity index is 2.06. The van der Waals surface area contributed by atoms with Crippen LogP contribution in [0.3, 0.4) is 0 Å². The van der Waals surface area contributed by atoms with Crippen molar-refractivity contribution in [3.63, 3.8) is 0 Å². The van der Waals surface area contributed by atoms with Gasteiger partial charge in [-0.1, -0.05) is 26.2 Å². The molecule has 4 nitrogen and oxygen atoms in total. The molecule has 0 aliphatic carbocycles. The molecule has 2 unspecified atom stereocenters. The lowest BCUT2D eigenvalue weighted by atomic mass is 10.1. The van der Waals surface area contributed by atoms with Crippen LogP contribution in [0.5, 0.6) is 0 Å². The Bertz CT molecular complexity index is 227. The summed E-state index contributed by atoms with van der Waals surface area (Å²) in [6.45, 7) is 6.35. The Morgan fingerprint density at radius 2 is 2.28 bits per heavy atom. The van der Waals surface area contributed by atoms with Crippen LogP contribution < -0.4 is 5.32 Å². The minimum atomic E-state index is -0.110. The van der Waals surface area contributed by atoms with Crippen LogP contribution in [0.2, 0.25) is 0 Å². The molecule has 1 rings (SSSR count). The molecule has 0 spiro atoms. The first-order valence-corrected chi connectivity index (χ1v) is 7.23. The normalized spacial score (nSPS) is 21.6. The molecule has 18 heavy (non-hydrogen) atoms. The fourth-order valence-electron chi connectivity index (χ4n) is 2.14. The Morgan fingerprint density at radius 1 is 1.44 bits per heavy atom. The third-order valence-corrected chi connectivity index (χ3v) is 3.21. The van der Waals surface area contributed by atoms with E-state index in [1.165, 1.54) is 19.3 Å². The molecule has 1 fully saturated rings. The van der Waals surface area contributed by atoms with Crippen LogP contribution in [0.25, 0.3) is 0 Å². The molecule has 1 saturated heterocycles. The second kappa shape index (κ2) is 9.34. The van der Waals surface area contributed by atoms with Crippen molar-refractivity contribution in [1.82, 2.24) is 5.32 Å². The maximum atomic E-state index is 11.7. The van der Waals surface area contributed by atoms with Crippen molar-refractivity contribution in [2.24, 2.45) is 0 Å². The van der Waals surface area contributed by atoms with Gasteiger partial charge in [-0.2, -0.15) is 0 Å². The van der Waals surface area contributed by atoms with E-state index in [2.05, 4.69) is 12.2 Å². The van der Waals surface area contributed by atoms with Crippen LogP contribution >= 0.6 is 0 Å². The number of hydrogen-bond acceptors (Lipinski definition) is 4. The third kappa shape index (κ3) is 6.97. The van der Waals surface area contributed by atoms with E-state index in [1.54, 1.807) is 0 Å². The first-order chi connectivity index (χ1) is 8.72. The Kier molecular flexibility index (Phi) is 8.01. The fourth-order valence-corrected chi connectivity index (χ4v) is 2.14. The van der Waals surface area contributed by atoms with Gasteiger partial charge in [0.15, 0.2) is 0 Å². The van der Waals surface area contributed by atoms with Crippen molar-refractivity contribution in [3.8, 4) is 0 Å². The highest BCUT2D eigenvalue weighted by Gasteiger charge is 2.19. The predicted octanol–water partition coefficient (Wildman–Crippen LogP) is 2.27. The van der Waals surface area contributed by atoms with Crippen molar-refractivity contribution in [3.05, 3.63) is 0 Å². The van der Waals surface area contributed by atoms with E-state index in [0.717, 1.165) is 26.0 Å². The lowest BCUT2D eigenvalue weighted by molar-refractivity contribution is -0.149. The van der Waals surface area contributed by atoms with Crippen LogP contribution in [0.1, 0.15) is 52.4 Å². The highest BCUT2D eigenvalue weighted by molar-refractivity contribution is 5.70. The fraction of sp³-hybridized carbons (Fsp3) is 0.929. The zero-order chi connectivity index (χ0) is 13.2. The summed E-state index contributed by atoms with van der Waals surface area (Å²) in [6.07, 6.45) is 6.31. The number of rotatable bonds is 8. The summed E-state index contributed by atoms with van der Waals surface area (Å²) in [4.78, 5) is 11.7. The largest absolute Gasteiger partial charge is 0.463 e. The average Bonchev–Trinajstić information content (AvgIpc) is 2.35. The van der Waals surface area contributed by atoms with Gasteiger partial charge in [-0.05, 0) is 19.8 Å². The molecule has 2 atom stereocenters. The number of unbranched alkanes of at least 4 members (excludes halogenated alkanes) is 3. The zero-order valence-electron chi connectivity index (χ0n) is 11.7. The van der Waals surface area contributed by atoms with Crippen LogP contribution in [-0.4, -0.2) is 37.9 Å². The summed E-state index contributed by atoms with van der Waals surface area (Å²) in [7, 11) is 0. The smallest absolute Gasteiger partial charge is 0.307 e. The minimum absolute atomic E-state index is 0.0406. The molecule has 1 heterocycles. The maximum Gasteiger partial charge on any atom is 0.307 e. The second-order valence-corrected chi connectivity index (χ2v) is 5.08. The first kappa shape index (κ1) is 15.4. The summed E-state index contributed by atoms with van der Waals surface area (Å²) < 4.78 is 10.7. The minimum Gasteiger partial charge on any atom is -0.463 e. The number of morpholine rings is 1. The molecule has 1 aliphatic rings. The molecule has 0 bridgehead atoms. The van der Waals surface area contributed by atoms with Gasteiger partial charge >= 0.3 is 5.97 Å². The summed E-state index contributed by atoms with van der Waals surface area (Å²) in [6, 6.07) is 0.124. The molecule has 0 radical (unpaired) electrons. The molecule has 0 amide bonds. The van der Waals surface area contributed by atoms with E-state index in [0.29, 0.717) is 13.0 Å². The highest BCUT2D eigenvalue weighted by atomic mass is 16.5. The summed E-state index contributed by atoms with van der Waals surface area (Å²) in [5.41, 5.74) is 0. The Hall–Kier alpha value is -0.610.